The first-order valence-corrected chi connectivity index (χ1v) is 4.75. The van der Waals surface area contributed by atoms with Gasteiger partial charge in [0.05, 0.1) is 0 Å². The molecule has 0 amide bonds. The molecule has 2 N–H and O–H groups in total. The molecule has 2 nitrogen and oxygen atoms in total. The number of likely N-dealkylation sites (tertiary alicyclic amines) is 1. The molecule has 0 radical (unpaired) electrons. The summed E-state index contributed by atoms with van der Waals surface area (Å²) in [6, 6.07) is 0.543. The third-order valence-corrected chi connectivity index (χ3v) is 3.55. The summed E-state index contributed by atoms with van der Waals surface area (Å²) in [6.45, 7) is 6.02. The third kappa shape index (κ3) is 1.18. The van der Waals surface area contributed by atoms with Gasteiger partial charge in [-0.3, -0.25) is 0 Å². The van der Waals surface area contributed by atoms with Gasteiger partial charge in [0.25, 0.3) is 0 Å². The van der Waals surface area contributed by atoms with Crippen molar-refractivity contribution in [3.63, 3.8) is 0 Å². The Kier molecular flexibility index (Phi) is 1.69. The molecule has 0 aromatic carbocycles. The van der Waals surface area contributed by atoms with Crippen LogP contribution in [0.2, 0.25) is 0 Å². The molecule has 0 unspecified atom stereocenters. The number of hydrogen-bond acceptors (Lipinski definition) is 2. The Balaban J connectivity index is 1.86. The van der Waals surface area contributed by atoms with Crippen LogP contribution in [0.3, 0.4) is 0 Å². The van der Waals surface area contributed by atoms with Crippen molar-refractivity contribution in [1.29, 1.82) is 0 Å². The van der Waals surface area contributed by atoms with Crippen molar-refractivity contribution in [3.05, 3.63) is 0 Å². The molecule has 1 heterocycles. The summed E-state index contributed by atoms with van der Waals surface area (Å²) in [6.07, 6.45) is 3.99. The summed E-state index contributed by atoms with van der Waals surface area (Å²) < 4.78 is 0. The van der Waals surface area contributed by atoms with Gasteiger partial charge in [0.15, 0.2) is 0 Å². The maximum absolute atomic E-state index is 5.90. The lowest BCUT2D eigenvalue weighted by Crippen LogP contribution is -2.36. The Bertz CT molecular complexity index is 148. The zero-order valence-electron chi connectivity index (χ0n) is 7.34. The number of hydrogen-bond donors (Lipinski definition) is 1. The molecule has 1 saturated carbocycles. The molecule has 2 heteroatoms. The standard InChI is InChI=1S/C9H18N2/c1-2-11-5-3-9(4-6-11)7-8(9)10/h8H,2-7,10H2,1H3/t8-/m1/s1. The molecule has 1 saturated heterocycles. The van der Waals surface area contributed by atoms with Gasteiger partial charge in [-0.15, -0.1) is 0 Å². The van der Waals surface area contributed by atoms with Crippen molar-refractivity contribution in [3.8, 4) is 0 Å². The minimum Gasteiger partial charge on any atom is -0.327 e. The predicted octanol–water partition coefficient (Wildman–Crippen LogP) is 0.819. The van der Waals surface area contributed by atoms with Crippen LogP contribution in [0.1, 0.15) is 26.2 Å². The van der Waals surface area contributed by atoms with Gasteiger partial charge in [0.1, 0.15) is 0 Å². The van der Waals surface area contributed by atoms with Crippen LogP contribution in [0.4, 0.5) is 0 Å². The smallest absolute Gasteiger partial charge is 0.0103 e. The molecule has 1 spiro atoms. The second-order valence-corrected chi connectivity index (χ2v) is 4.11. The van der Waals surface area contributed by atoms with Crippen LogP contribution in [0.25, 0.3) is 0 Å². The molecule has 0 aromatic rings. The van der Waals surface area contributed by atoms with Gasteiger partial charge in [-0.1, -0.05) is 6.92 Å². The van der Waals surface area contributed by atoms with Gasteiger partial charge < -0.3 is 10.6 Å². The molecule has 1 aliphatic carbocycles. The Labute approximate surface area is 68.7 Å². The van der Waals surface area contributed by atoms with E-state index in [4.69, 9.17) is 5.73 Å². The zero-order chi connectivity index (χ0) is 7.90. The molecule has 1 aliphatic heterocycles. The van der Waals surface area contributed by atoms with Crippen molar-refractivity contribution in [2.45, 2.75) is 32.2 Å². The highest BCUT2D eigenvalue weighted by Crippen LogP contribution is 2.52. The molecule has 0 aromatic heterocycles. The number of nitrogens with two attached hydrogens (primary N) is 1. The average Bonchev–Trinajstić information content (AvgIpc) is 2.64. The van der Waals surface area contributed by atoms with E-state index in [1.165, 1.54) is 38.9 Å². The van der Waals surface area contributed by atoms with Crippen molar-refractivity contribution >= 4 is 0 Å². The fourth-order valence-corrected chi connectivity index (χ4v) is 2.27. The lowest BCUT2D eigenvalue weighted by molar-refractivity contribution is 0.177. The molecule has 1 atom stereocenters. The SMILES string of the molecule is CCN1CCC2(CC1)C[C@H]2N. The highest BCUT2D eigenvalue weighted by atomic mass is 15.1. The van der Waals surface area contributed by atoms with Crippen LogP contribution in [-0.2, 0) is 0 Å². The average molecular weight is 154 g/mol. The first-order chi connectivity index (χ1) is 5.27. The Morgan fingerprint density at radius 2 is 2.00 bits per heavy atom. The van der Waals surface area contributed by atoms with E-state index in [1.807, 2.05) is 0 Å². The van der Waals surface area contributed by atoms with Gasteiger partial charge in [0, 0.05) is 6.04 Å². The minimum atomic E-state index is 0.543. The quantitative estimate of drug-likeness (QED) is 0.606. The van der Waals surface area contributed by atoms with Crippen molar-refractivity contribution in [2.75, 3.05) is 19.6 Å². The number of rotatable bonds is 1. The van der Waals surface area contributed by atoms with E-state index in [0.717, 1.165) is 0 Å². The maximum atomic E-state index is 5.90. The van der Waals surface area contributed by atoms with E-state index < -0.39 is 0 Å². The van der Waals surface area contributed by atoms with E-state index in [-0.39, 0.29) is 0 Å². The maximum Gasteiger partial charge on any atom is 0.0103 e. The minimum absolute atomic E-state index is 0.543. The predicted molar refractivity (Wildman–Crippen MR) is 46.4 cm³/mol. The van der Waals surface area contributed by atoms with Gasteiger partial charge in [-0.25, -0.2) is 0 Å². The van der Waals surface area contributed by atoms with E-state index in [2.05, 4.69) is 11.8 Å². The molecule has 11 heavy (non-hydrogen) atoms. The topological polar surface area (TPSA) is 29.3 Å². The van der Waals surface area contributed by atoms with Crippen LogP contribution in [-0.4, -0.2) is 30.6 Å². The lowest BCUT2D eigenvalue weighted by Gasteiger charge is -2.31. The van der Waals surface area contributed by atoms with Gasteiger partial charge in [-0.05, 0) is 44.3 Å². The van der Waals surface area contributed by atoms with Crippen molar-refractivity contribution < 1.29 is 0 Å². The molecule has 0 bridgehead atoms. The zero-order valence-corrected chi connectivity index (χ0v) is 7.34. The van der Waals surface area contributed by atoms with Crippen molar-refractivity contribution in [2.24, 2.45) is 11.1 Å². The summed E-state index contributed by atoms with van der Waals surface area (Å²) in [7, 11) is 0. The summed E-state index contributed by atoms with van der Waals surface area (Å²) in [5.41, 5.74) is 6.50. The second kappa shape index (κ2) is 2.46. The first kappa shape index (κ1) is 7.56. The molecule has 2 aliphatic rings. The van der Waals surface area contributed by atoms with Crippen molar-refractivity contribution in [1.82, 2.24) is 4.90 Å². The summed E-state index contributed by atoms with van der Waals surface area (Å²) >= 11 is 0. The lowest BCUT2D eigenvalue weighted by atomic mass is 9.93. The van der Waals surface area contributed by atoms with E-state index in [0.29, 0.717) is 11.5 Å². The van der Waals surface area contributed by atoms with Crippen LogP contribution in [0.15, 0.2) is 0 Å². The highest BCUT2D eigenvalue weighted by molar-refractivity contribution is 5.07. The van der Waals surface area contributed by atoms with Gasteiger partial charge >= 0.3 is 0 Å². The molecule has 2 fully saturated rings. The van der Waals surface area contributed by atoms with Crippen LogP contribution in [0, 0.1) is 5.41 Å². The largest absolute Gasteiger partial charge is 0.327 e. The first-order valence-electron chi connectivity index (χ1n) is 4.75. The summed E-state index contributed by atoms with van der Waals surface area (Å²) in [5.74, 6) is 0. The normalized spacial score (nSPS) is 36.0. The summed E-state index contributed by atoms with van der Waals surface area (Å²) in [5, 5.41) is 0. The molecular weight excluding hydrogens is 136 g/mol. The number of piperidine rings is 1. The van der Waals surface area contributed by atoms with E-state index >= 15 is 0 Å². The monoisotopic (exact) mass is 154 g/mol. The highest BCUT2D eigenvalue weighted by Gasteiger charge is 2.52. The fourth-order valence-electron chi connectivity index (χ4n) is 2.27. The van der Waals surface area contributed by atoms with Gasteiger partial charge in [-0.2, -0.15) is 0 Å². The second-order valence-electron chi connectivity index (χ2n) is 4.11. The van der Waals surface area contributed by atoms with E-state index in [1.54, 1.807) is 0 Å². The Morgan fingerprint density at radius 3 is 2.36 bits per heavy atom. The molecular formula is C9H18N2. The van der Waals surface area contributed by atoms with E-state index in [9.17, 15) is 0 Å². The van der Waals surface area contributed by atoms with Gasteiger partial charge in [0.2, 0.25) is 0 Å². The third-order valence-electron chi connectivity index (χ3n) is 3.55. The fraction of sp³-hybridized carbons (Fsp3) is 1.00. The number of nitrogens with zero attached hydrogens (tertiary/aromatic N) is 1. The van der Waals surface area contributed by atoms with Crippen LogP contribution >= 0.6 is 0 Å². The Morgan fingerprint density at radius 1 is 1.45 bits per heavy atom. The molecule has 2 rings (SSSR count). The summed E-state index contributed by atoms with van der Waals surface area (Å²) in [4.78, 5) is 2.52. The van der Waals surface area contributed by atoms with Crippen LogP contribution < -0.4 is 5.73 Å². The Hall–Kier alpha value is -0.0800. The molecule has 64 valence electrons. The van der Waals surface area contributed by atoms with Crippen LogP contribution in [0.5, 0.6) is 0 Å².